The Kier molecular flexibility index (Phi) is 2.58. The molecular formula is C15H16O2. The number of allylic oxidation sites excluding steroid dienone is 6. The van der Waals surface area contributed by atoms with Crippen molar-refractivity contribution in [3.8, 4) is 0 Å². The van der Waals surface area contributed by atoms with E-state index in [9.17, 15) is 9.59 Å². The van der Waals surface area contributed by atoms with Crippen LogP contribution in [0.3, 0.4) is 0 Å². The fourth-order valence-corrected chi connectivity index (χ4v) is 3.23. The highest BCUT2D eigenvalue weighted by Gasteiger charge is 2.31. The van der Waals surface area contributed by atoms with Crippen LogP contribution in [0.25, 0.3) is 0 Å². The van der Waals surface area contributed by atoms with Gasteiger partial charge in [-0.15, -0.1) is 0 Å². The number of carbonyl (C=O) groups is 2. The molecule has 2 nitrogen and oxygen atoms in total. The highest BCUT2D eigenvalue weighted by molar-refractivity contribution is 5.92. The smallest absolute Gasteiger partial charge is 0.155 e. The molecule has 0 saturated heterocycles. The van der Waals surface area contributed by atoms with Gasteiger partial charge in [0.2, 0.25) is 0 Å². The lowest BCUT2D eigenvalue weighted by Crippen LogP contribution is -2.23. The molecule has 88 valence electrons. The Hall–Kier alpha value is -1.44. The van der Waals surface area contributed by atoms with Gasteiger partial charge in [0.15, 0.2) is 5.78 Å². The van der Waals surface area contributed by atoms with Crippen LogP contribution in [0.1, 0.15) is 32.1 Å². The number of fused-ring (bicyclic) bond motifs is 2. The third kappa shape index (κ3) is 1.92. The SMILES string of the molecule is O=CC1=CC2=CC3=CC(=O)CCC3CC2CC1. The summed E-state index contributed by atoms with van der Waals surface area (Å²) in [6.07, 6.45) is 11.8. The molecule has 0 bridgehead atoms. The van der Waals surface area contributed by atoms with Gasteiger partial charge in [0.05, 0.1) is 0 Å². The van der Waals surface area contributed by atoms with Crippen molar-refractivity contribution in [2.24, 2.45) is 11.8 Å². The van der Waals surface area contributed by atoms with Crippen LogP contribution in [0.5, 0.6) is 0 Å². The maximum atomic E-state index is 11.4. The first-order chi connectivity index (χ1) is 8.26. The summed E-state index contributed by atoms with van der Waals surface area (Å²) in [4.78, 5) is 22.2. The second-order valence-electron chi connectivity index (χ2n) is 5.30. The lowest BCUT2D eigenvalue weighted by Gasteiger charge is -2.34. The van der Waals surface area contributed by atoms with Crippen LogP contribution in [0.4, 0.5) is 0 Å². The monoisotopic (exact) mass is 228 g/mol. The van der Waals surface area contributed by atoms with Crippen LogP contribution in [0, 0.1) is 11.8 Å². The predicted molar refractivity (Wildman–Crippen MR) is 65.4 cm³/mol. The molecule has 2 atom stereocenters. The molecule has 0 saturated carbocycles. The van der Waals surface area contributed by atoms with Crippen LogP contribution < -0.4 is 0 Å². The summed E-state index contributed by atoms with van der Waals surface area (Å²) in [6, 6.07) is 0. The zero-order valence-electron chi connectivity index (χ0n) is 9.82. The number of aldehydes is 1. The zero-order valence-corrected chi connectivity index (χ0v) is 9.82. The molecule has 0 N–H and O–H groups in total. The van der Waals surface area contributed by atoms with E-state index < -0.39 is 0 Å². The minimum absolute atomic E-state index is 0.252. The first kappa shape index (κ1) is 10.7. The minimum atomic E-state index is 0.252. The summed E-state index contributed by atoms with van der Waals surface area (Å²) in [5.41, 5.74) is 3.35. The van der Waals surface area contributed by atoms with Gasteiger partial charge in [0.25, 0.3) is 0 Å². The largest absolute Gasteiger partial charge is 0.298 e. The topological polar surface area (TPSA) is 34.1 Å². The van der Waals surface area contributed by atoms with E-state index >= 15 is 0 Å². The number of carbonyl (C=O) groups excluding carboxylic acids is 2. The van der Waals surface area contributed by atoms with Gasteiger partial charge < -0.3 is 0 Å². The summed E-state index contributed by atoms with van der Waals surface area (Å²) in [5.74, 6) is 1.43. The molecule has 0 aromatic heterocycles. The Labute approximate surface area is 101 Å². The molecule has 0 heterocycles. The van der Waals surface area contributed by atoms with Gasteiger partial charge in [-0.05, 0) is 60.3 Å². The molecule has 0 amide bonds. The predicted octanol–water partition coefficient (Wildman–Crippen LogP) is 2.76. The maximum Gasteiger partial charge on any atom is 0.155 e. The van der Waals surface area contributed by atoms with Crippen LogP contribution in [0.2, 0.25) is 0 Å². The van der Waals surface area contributed by atoms with E-state index in [2.05, 4.69) is 6.08 Å². The normalized spacial score (nSPS) is 31.8. The second kappa shape index (κ2) is 4.10. The van der Waals surface area contributed by atoms with Crippen LogP contribution in [0.15, 0.2) is 34.9 Å². The summed E-state index contributed by atoms with van der Waals surface area (Å²) in [7, 11) is 0. The molecule has 3 aliphatic carbocycles. The molecule has 17 heavy (non-hydrogen) atoms. The van der Waals surface area contributed by atoms with Crippen molar-refractivity contribution in [2.45, 2.75) is 32.1 Å². The summed E-state index contributed by atoms with van der Waals surface area (Å²) in [5, 5.41) is 0. The summed E-state index contributed by atoms with van der Waals surface area (Å²) >= 11 is 0. The molecule has 3 rings (SSSR count). The van der Waals surface area contributed by atoms with E-state index in [1.54, 1.807) is 6.08 Å². The van der Waals surface area contributed by atoms with Gasteiger partial charge in [-0.25, -0.2) is 0 Å². The van der Waals surface area contributed by atoms with Gasteiger partial charge >= 0.3 is 0 Å². The van der Waals surface area contributed by atoms with E-state index in [1.165, 1.54) is 11.1 Å². The minimum Gasteiger partial charge on any atom is -0.298 e. The molecule has 0 aliphatic heterocycles. The molecule has 2 unspecified atom stereocenters. The van der Waals surface area contributed by atoms with Crippen LogP contribution in [-0.4, -0.2) is 12.1 Å². The summed E-state index contributed by atoms with van der Waals surface area (Å²) < 4.78 is 0. The standard InChI is InChI=1S/C15H16O2/c16-9-10-1-2-11-6-12-3-4-15(17)8-14(12)7-13(11)5-10/h5,7-9,11-12H,1-4,6H2. The Morgan fingerprint density at radius 1 is 1.00 bits per heavy atom. The van der Waals surface area contributed by atoms with E-state index in [4.69, 9.17) is 0 Å². The number of hydrogen-bond donors (Lipinski definition) is 0. The number of ketones is 1. The van der Waals surface area contributed by atoms with Crippen molar-refractivity contribution in [1.29, 1.82) is 0 Å². The maximum absolute atomic E-state index is 11.4. The highest BCUT2D eigenvalue weighted by Crippen LogP contribution is 2.42. The van der Waals surface area contributed by atoms with Gasteiger partial charge in [-0.1, -0.05) is 12.2 Å². The van der Waals surface area contributed by atoms with Crippen LogP contribution in [-0.2, 0) is 9.59 Å². The molecule has 0 aromatic carbocycles. The average molecular weight is 228 g/mol. The molecular weight excluding hydrogens is 212 g/mol. The first-order valence-electron chi connectivity index (χ1n) is 6.38. The quantitative estimate of drug-likeness (QED) is 0.647. The van der Waals surface area contributed by atoms with E-state index in [-0.39, 0.29) is 5.78 Å². The fourth-order valence-electron chi connectivity index (χ4n) is 3.23. The van der Waals surface area contributed by atoms with Crippen molar-refractivity contribution < 1.29 is 9.59 Å². The highest BCUT2D eigenvalue weighted by atomic mass is 16.1. The summed E-state index contributed by atoms with van der Waals surface area (Å²) in [6.45, 7) is 0. The van der Waals surface area contributed by atoms with Gasteiger partial charge in [-0.3, -0.25) is 9.59 Å². The third-order valence-electron chi connectivity index (χ3n) is 4.20. The van der Waals surface area contributed by atoms with Crippen molar-refractivity contribution in [2.75, 3.05) is 0 Å². The first-order valence-corrected chi connectivity index (χ1v) is 6.38. The fraction of sp³-hybridized carbons (Fsp3) is 0.467. The zero-order chi connectivity index (χ0) is 11.8. The molecule has 2 heteroatoms. The second-order valence-corrected chi connectivity index (χ2v) is 5.30. The van der Waals surface area contributed by atoms with Crippen LogP contribution >= 0.6 is 0 Å². The van der Waals surface area contributed by atoms with Crippen molar-refractivity contribution in [3.05, 3.63) is 34.9 Å². The molecule has 0 spiro atoms. The molecule has 0 aromatic rings. The van der Waals surface area contributed by atoms with Crippen molar-refractivity contribution >= 4 is 12.1 Å². The van der Waals surface area contributed by atoms with Gasteiger partial charge in [0, 0.05) is 6.42 Å². The lowest BCUT2D eigenvalue weighted by atomic mass is 9.70. The average Bonchev–Trinajstić information content (AvgIpc) is 2.35. The Morgan fingerprint density at radius 3 is 2.47 bits per heavy atom. The third-order valence-corrected chi connectivity index (χ3v) is 4.20. The van der Waals surface area contributed by atoms with Crippen molar-refractivity contribution in [1.82, 2.24) is 0 Å². The number of hydrogen-bond acceptors (Lipinski definition) is 2. The Bertz CT molecular complexity index is 465. The number of rotatable bonds is 1. The van der Waals surface area contributed by atoms with E-state index in [0.717, 1.165) is 37.5 Å². The van der Waals surface area contributed by atoms with Gasteiger partial charge in [-0.2, -0.15) is 0 Å². The van der Waals surface area contributed by atoms with E-state index in [1.807, 2.05) is 6.08 Å². The lowest BCUT2D eigenvalue weighted by molar-refractivity contribution is -0.115. The molecule has 0 radical (unpaired) electrons. The molecule has 0 fully saturated rings. The Morgan fingerprint density at radius 2 is 1.71 bits per heavy atom. The van der Waals surface area contributed by atoms with Gasteiger partial charge in [0.1, 0.15) is 6.29 Å². The molecule has 3 aliphatic rings. The van der Waals surface area contributed by atoms with E-state index in [0.29, 0.717) is 18.3 Å². The van der Waals surface area contributed by atoms with Crippen molar-refractivity contribution in [3.63, 3.8) is 0 Å². The Balaban J connectivity index is 1.98.